The summed E-state index contributed by atoms with van der Waals surface area (Å²) in [7, 11) is 0. The maximum Gasteiger partial charge on any atom is 0.0185 e. The molecule has 1 aliphatic rings. The van der Waals surface area contributed by atoms with Crippen molar-refractivity contribution in [1.29, 1.82) is 0 Å². The van der Waals surface area contributed by atoms with Crippen LogP contribution in [0.15, 0.2) is 30.3 Å². The van der Waals surface area contributed by atoms with Crippen LogP contribution in [0.25, 0.3) is 0 Å². The van der Waals surface area contributed by atoms with Gasteiger partial charge in [0.15, 0.2) is 0 Å². The lowest BCUT2D eigenvalue weighted by atomic mass is 9.90. The third-order valence-electron chi connectivity index (χ3n) is 4.94. The number of benzene rings is 1. The maximum absolute atomic E-state index is 3.65. The fourth-order valence-electron chi connectivity index (χ4n) is 3.69. The highest BCUT2D eigenvalue weighted by Crippen LogP contribution is 2.27. The monoisotopic (exact) mass is 348 g/mol. The first-order valence-corrected chi connectivity index (χ1v) is 10.8. The van der Waals surface area contributed by atoms with Gasteiger partial charge >= 0.3 is 0 Å². The summed E-state index contributed by atoms with van der Waals surface area (Å²) < 4.78 is 0. The van der Waals surface area contributed by atoms with E-state index in [1.54, 1.807) is 0 Å². The first-order valence-electron chi connectivity index (χ1n) is 9.66. The van der Waals surface area contributed by atoms with Crippen LogP contribution in [0.1, 0.15) is 58.4 Å². The van der Waals surface area contributed by atoms with E-state index in [0.717, 1.165) is 24.9 Å². The summed E-state index contributed by atoms with van der Waals surface area (Å²) in [4.78, 5) is 2.75. The zero-order valence-electron chi connectivity index (χ0n) is 15.9. The summed E-state index contributed by atoms with van der Waals surface area (Å²) in [5.74, 6) is 2.31. The summed E-state index contributed by atoms with van der Waals surface area (Å²) in [6.07, 6.45) is 7.06. The number of thioether (sulfide) groups is 1. The van der Waals surface area contributed by atoms with Gasteiger partial charge in [-0.2, -0.15) is 11.8 Å². The van der Waals surface area contributed by atoms with Gasteiger partial charge < -0.3 is 5.32 Å². The second-order valence-corrected chi connectivity index (χ2v) is 9.05. The van der Waals surface area contributed by atoms with Crippen molar-refractivity contribution in [3.63, 3.8) is 0 Å². The number of nitrogens with one attached hydrogen (secondary N) is 1. The Balaban J connectivity index is 1.60. The van der Waals surface area contributed by atoms with E-state index in [0.29, 0.717) is 0 Å². The first-order chi connectivity index (χ1) is 11.6. The Morgan fingerprint density at radius 1 is 1.04 bits per heavy atom. The molecule has 2 nitrogen and oxygen atoms in total. The molecule has 0 unspecified atom stereocenters. The fraction of sp³-hybridized carbons (Fsp3) is 0.714. The van der Waals surface area contributed by atoms with Gasteiger partial charge in [0, 0.05) is 42.7 Å². The molecular weight excluding hydrogens is 312 g/mol. The van der Waals surface area contributed by atoms with E-state index in [1.807, 2.05) is 11.8 Å². The van der Waals surface area contributed by atoms with E-state index in [4.69, 9.17) is 0 Å². The summed E-state index contributed by atoms with van der Waals surface area (Å²) in [6.45, 7) is 10.5. The Morgan fingerprint density at radius 3 is 2.42 bits per heavy atom. The van der Waals surface area contributed by atoms with E-state index in [1.165, 1.54) is 50.0 Å². The molecule has 1 aromatic rings. The second-order valence-electron chi connectivity index (χ2n) is 7.94. The van der Waals surface area contributed by atoms with Crippen molar-refractivity contribution in [3.05, 3.63) is 35.9 Å². The van der Waals surface area contributed by atoms with Crippen molar-refractivity contribution in [2.24, 2.45) is 0 Å². The molecule has 3 heteroatoms. The molecule has 0 heterocycles. The molecule has 24 heavy (non-hydrogen) atoms. The first kappa shape index (κ1) is 19.8. The normalized spacial score (nSPS) is 16.7. The van der Waals surface area contributed by atoms with Crippen LogP contribution in [0.5, 0.6) is 0 Å². The molecule has 1 saturated carbocycles. The number of rotatable bonds is 9. The van der Waals surface area contributed by atoms with E-state index in [-0.39, 0.29) is 5.54 Å². The standard InChI is InChI=1S/C21H36N2S/c1-21(2,3)23(20-12-8-5-9-13-20)16-14-22-15-17-24-18-19-10-6-4-7-11-19/h4,6-7,10-11,20,22H,5,8-9,12-18H2,1-3H3. The molecule has 1 fully saturated rings. The van der Waals surface area contributed by atoms with Gasteiger partial charge in [-0.3, -0.25) is 4.90 Å². The van der Waals surface area contributed by atoms with Gasteiger partial charge in [-0.05, 0) is 39.2 Å². The van der Waals surface area contributed by atoms with Crippen molar-refractivity contribution in [3.8, 4) is 0 Å². The molecule has 1 aromatic carbocycles. The Kier molecular flexibility index (Phi) is 8.65. The SMILES string of the molecule is CC(C)(C)N(CCNCCSCc1ccccc1)C1CCCCC1. The lowest BCUT2D eigenvalue weighted by Crippen LogP contribution is -2.51. The van der Waals surface area contributed by atoms with Crippen LogP contribution < -0.4 is 5.32 Å². The van der Waals surface area contributed by atoms with Crippen molar-refractivity contribution in [1.82, 2.24) is 10.2 Å². The zero-order chi connectivity index (χ0) is 17.3. The molecule has 0 bridgehead atoms. The zero-order valence-corrected chi connectivity index (χ0v) is 16.7. The van der Waals surface area contributed by atoms with Gasteiger partial charge in [0.1, 0.15) is 0 Å². The van der Waals surface area contributed by atoms with Gasteiger partial charge in [-0.15, -0.1) is 0 Å². The quantitative estimate of drug-likeness (QED) is 0.636. The predicted molar refractivity (Wildman–Crippen MR) is 109 cm³/mol. The molecule has 0 amide bonds. The third kappa shape index (κ3) is 7.16. The predicted octanol–water partition coefficient (Wildman–Crippen LogP) is 4.94. The minimum atomic E-state index is 0.283. The number of hydrogen-bond acceptors (Lipinski definition) is 3. The highest BCUT2D eigenvalue weighted by Gasteiger charge is 2.29. The molecule has 2 rings (SSSR count). The van der Waals surface area contributed by atoms with E-state index >= 15 is 0 Å². The summed E-state index contributed by atoms with van der Waals surface area (Å²) in [5.41, 5.74) is 1.71. The molecule has 0 saturated heterocycles. The largest absolute Gasteiger partial charge is 0.315 e. The van der Waals surface area contributed by atoms with Gasteiger partial charge in [0.2, 0.25) is 0 Å². The Hall–Kier alpha value is -0.510. The average Bonchev–Trinajstić information content (AvgIpc) is 2.58. The summed E-state index contributed by atoms with van der Waals surface area (Å²) in [5, 5.41) is 3.65. The van der Waals surface area contributed by atoms with Crippen LogP contribution in [0.3, 0.4) is 0 Å². The molecule has 0 atom stereocenters. The molecular formula is C21H36N2S. The summed E-state index contributed by atoms with van der Waals surface area (Å²) in [6, 6.07) is 11.6. The minimum absolute atomic E-state index is 0.283. The van der Waals surface area contributed by atoms with Crippen LogP contribution in [0.2, 0.25) is 0 Å². The minimum Gasteiger partial charge on any atom is -0.315 e. The number of hydrogen-bond donors (Lipinski definition) is 1. The van der Waals surface area contributed by atoms with E-state index in [2.05, 4.69) is 61.3 Å². The van der Waals surface area contributed by atoms with Crippen LogP contribution in [0.4, 0.5) is 0 Å². The number of nitrogens with zero attached hydrogens (tertiary/aromatic N) is 1. The van der Waals surface area contributed by atoms with Gasteiger partial charge in [-0.25, -0.2) is 0 Å². The van der Waals surface area contributed by atoms with Crippen LogP contribution in [-0.4, -0.2) is 41.9 Å². The molecule has 0 radical (unpaired) electrons. The van der Waals surface area contributed by atoms with Crippen LogP contribution in [-0.2, 0) is 5.75 Å². The van der Waals surface area contributed by atoms with E-state index < -0.39 is 0 Å². The molecule has 0 aliphatic heterocycles. The second kappa shape index (κ2) is 10.5. The highest BCUT2D eigenvalue weighted by molar-refractivity contribution is 7.98. The van der Waals surface area contributed by atoms with Gasteiger partial charge in [-0.1, -0.05) is 49.6 Å². The maximum atomic E-state index is 3.65. The Bertz CT molecular complexity index is 435. The summed E-state index contributed by atoms with van der Waals surface area (Å²) >= 11 is 2.02. The third-order valence-corrected chi connectivity index (χ3v) is 5.97. The van der Waals surface area contributed by atoms with Gasteiger partial charge in [0.25, 0.3) is 0 Å². The Labute approximate surface area is 153 Å². The van der Waals surface area contributed by atoms with Crippen molar-refractivity contribution < 1.29 is 0 Å². The van der Waals surface area contributed by atoms with Crippen molar-refractivity contribution in [2.45, 2.75) is 70.2 Å². The molecule has 0 spiro atoms. The van der Waals surface area contributed by atoms with Crippen molar-refractivity contribution >= 4 is 11.8 Å². The van der Waals surface area contributed by atoms with Gasteiger partial charge in [0.05, 0.1) is 0 Å². The molecule has 136 valence electrons. The topological polar surface area (TPSA) is 15.3 Å². The smallest absolute Gasteiger partial charge is 0.0185 e. The molecule has 0 aromatic heterocycles. The van der Waals surface area contributed by atoms with Crippen LogP contribution in [0, 0.1) is 0 Å². The lowest BCUT2D eigenvalue weighted by molar-refractivity contribution is 0.0616. The van der Waals surface area contributed by atoms with E-state index in [9.17, 15) is 0 Å². The molecule has 1 aliphatic carbocycles. The fourth-order valence-corrected chi connectivity index (χ4v) is 4.55. The van der Waals surface area contributed by atoms with Crippen LogP contribution >= 0.6 is 11.8 Å². The average molecular weight is 349 g/mol. The molecule has 1 N–H and O–H groups in total. The lowest BCUT2D eigenvalue weighted by Gasteiger charge is -2.43. The van der Waals surface area contributed by atoms with Crippen molar-refractivity contribution in [2.75, 3.05) is 25.4 Å². The highest BCUT2D eigenvalue weighted by atomic mass is 32.2. The Morgan fingerprint density at radius 2 is 1.75 bits per heavy atom.